The molecular weight excluding hydrogens is 409 g/mol. The van der Waals surface area contributed by atoms with Crippen molar-refractivity contribution >= 4 is 5.97 Å². The zero-order valence-corrected chi connectivity index (χ0v) is 17.2. The number of methoxy groups -OCH3 is 1. The molecule has 0 aliphatic heterocycles. The Kier molecular flexibility index (Phi) is 7.74. The molecule has 1 aliphatic carbocycles. The van der Waals surface area contributed by atoms with E-state index in [1.165, 1.54) is 17.7 Å². The Hall–Kier alpha value is -2.80. The predicted octanol–water partition coefficient (Wildman–Crippen LogP) is 6.28. The molecule has 0 spiro atoms. The van der Waals surface area contributed by atoms with Crippen LogP contribution >= 0.6 is 0 Å². The van der Waals surface area contributed by atoms with Gasteiger partial charge in [-0.1, -0.05) is 24.3 Å². The molecule has 1 aliphatic rings. The summed E-state index contributed by atoms with van der Waals surface area (Å²) in [5.74, 6) is 0.263. The van der Waals surface area contributed by atoms with Gasteiger partial charge >= 0.3 is 12.3 Å². The second-order valence-electron chi connectivity index (χ2n) is 7.53. The van der Waals surface area contributed by atoms with E-state index in [1.54, 1.807) is 19.2 Å². The van der Waals surface area contributed by atoms with Crippen LogP contribution in [0.5, 0.6) is 11.5 Å². The van der Waals surface area contributed by atoms with Crippen molar-refractivity contribution in [1.82, 2.24) is 0 Å². The molecule has 0 N–H and O–H groups in total. The quantitative estimate of drug-likeness (QED) is 0.292. The summed E-state index contributed by atoms with van der Waals surface area (Å²) in [5.41, 5.74) is 1.58. The Morgan fingerprint density at radius 3 is 2.16 bits per heavy atom. The zero-order chi connectivity index (χ0) is 22.3. The van der Waals surface area contributed by atoms with Crippen LogP contribution in [0, 0.1) is 5.92 Å². The van der Waals surface area contributed by atoms with Gasteiger partial charge in [0, 0.05) is 7.11 Å². The average molecular weight is 434 g/mol. The van der Waals surface area contributed by atoms with E-state index in [0.717, 1.165) is 37.8 Å². The highest BCUT2D eigenvalue weighted by atomic mass is 19.4. The normalized spacial score (nSPS) is 19.4. The summed E-state index contributed by atoms with van der Waals surface area (Å²) in [6, 6.07) is 12.1. The molecule has 1 fully saturated rings. The van der Waals surface area contributed by atoms with E-state index in [2.05, 4.69) is 16.9 Å². The van der Waals surface area contributed by atoms with Gasteiger partial charge in [-0.15, -0.1) is 13.2 Å². The van der Waals surface area contributed by atoms with Crippen molar-refractivity contribution in [3.63, 3.8) is 0 Å². The molecule has 0 bridgehead atoms. The standard InChI is InChI=1S/C24H25F3O4/c1-29-16-2-3-17-4-6-18(7-5-17)19-8-10-20(11-9-19)23(28)30-21-12-14-22(15-13-21)31-24(25,26)27/h2-3,8-15,17-18H,4-7,16H2,1H3/b3-2+. The van der Waals surface area contributed by atoms with E-state index >= 15 is 0 Å². The largest absolute Gasteiger partial charge is 0.573 e. The second kappa shape index (κ2) is 10.5. The lowest BCUT2D eigenvalue weighted by molar-refractivity contribution is -0.274. The predicted molar refractivity (Wildman–Crippen MR) is 110 cm³/mol. The number of alkyl halides is 3. The molecule has 166 valence electrons. The van der Waals surface area contributed by atoms with Crippen LogP contribution in [-0.2, 0) is 4.74 Å². The number of hydrogen-bond acceptors (Lipinski definition) is 4. The molecule has 2 aromatic rings. The number of carbonyl (C=O) groups is 1. The fraction of sp³-hybridized carbons (Fsp3) is 0.375. The van der Waals surface area contributed by atoms with Crippen LogP contribution in [-0.4, -0.2) is 26.0 Å². The Labute approximate surface area is 179 Å². The summed E-state index contributed by atoms with van der Waals surface area (Å²) in [5, 5.41) is 0. The van der Waals surface area contributed by atoms with Crippen molar-refractivity contribution in [3.05, 3.63) is 71.8 Å². The average Bonchev–Trinajstić information content (AvgIpc) is 2.75. The lowest BCUT2D eigenvalue weighted by Crippen LogP contribution is -2.17. The van der Waals surface area contributed by atoms with E-state index < -0.39 is 12.3 Å². The minimum atomic E-state index is -4.76. The smallest absolute Gasteiger partial charge is 0.423 e. The fourth-order valence-corrected chi connectivity index (χ4v) is 3.76. The molecule has 4 nitrogen and oxygen atoms in total. The summed E-state index contributed by atoms with van der Waals surface area (Å²) in [4.78, 5) is 12.3. The molecule has 0 aromatic heterocycles. The number of hydrogen-bond donors (Lipinski definition) is 0. The number of halogens is 3. The van der Waals surface area contributed by atoms with Crippen LogP contribution in [0.25, 0.3) is 0 Å². The van der Waals surface area contributed by atoms with Gasteiger partial charge in [0.1, 0.15) is 11.5 Å². The first-order valence-electron chi connectivity index (χ1n) is 10.2. The monoisotopic (exact) mass is 434 g/mol. The van der Waals surface area contributed by atoms with Gasteiger partial charge in [-0.05, 0) is 79.5 Å². The first kappa shape index (κ1) is 22.9. The van der Waals surface area contributed by atoms with E-state index in [0.29, 0.717) is 24.0 Å². The molecule has 0 heterocycles. The maximum absolute atomic E-state index is 12.3. The van der Waals surface area contributed by atoms with Crippen LogP contribution < -0.4 is 9.47 Å². The molecule has 31 heavy (non-hydrogen) atoms. The number of esters is 1. The van der Waals surface area contributed by atoms with Gasteiger partial charge in [-0.25, -0.2) is 4.79 Å². The van der Waals surface area contributed by atoms with E-state index in [4.69, 9.17) is 9.47 Å². The van der Waals surface area contributed by atoms with Crippen LogP contribution in [0.1, 0.15) is 47.5 Å². The first-order valence-corrected chi connectivity index (χ1v) is 10.2. The summed E-state index contributed by atoms with van der Waals surface area (Å²) in [7, 11) is 1.68. The summed E-state index contributed by atoms with van der Waals surface area (Å²) in [6.07, 6.45) is 3.99. The maximum atomic E-state index is 12.3. The van der Waals surface area contributed by atoms with Crippen molar-refractivity contribution in [2.24, 2.45) is 5.92 Å². The molecule has 0 atom stereocenters. The molecule has 3 rings (SSSR count). The van der Waals surface area contributed by atoms with E-state index in [9.17, 15) is 18.0 Å². The third-order valence-electron chi connectivity index (χ3n) is 5.33. The van der Waals surface area contributed by atoms with Gasteiger partial charge < -0.3 is 14.2 Å². The topological polar surface area (TPSA) is 44.8 Å². The lowest BCUT2D eigenvalue weighted by atomic mass is 9.78. The van der Waals surface area contributed by atoms with E-state index in [-0.39, 0.29) is 11.5 Å². The maximum Gasteiger partial charge on any atom is 0.573 e. The van der Waals surface area contributed by atoms with Gasteiger partial charge in [-0.3, -0.25) is 0 Å². The molecule has 7 heteroatoms. The SMILES string of the molecule is COC/C=C/C1CCC(c2ccc(C(=O)Oc3ccc(OC(F)(F)F)cc3)cc2)CC1. The zero-order valence-electron chi connectivity index (χ0n) is 17.2. The number of carbonyl (C=O) groups excluding carboxylic acids is 1. The number of benzene rings is 2. The number of ether oxygens (including phenoxy) is 3. The van der Waals surface area contributed by atoms with Gasteiger partial charge in [0.2, 0.25) is 0 Å². The van der Waals surface area contributed by atoms with Crippen molar-refractivity contribution < 1.29 is 32.2 Å². The highest BCUT2D eigenvalue weighted by molar-refractivity contribution is 5.91. The summed E-state index contributed by atoms with van der Waals surface area (Å²) < 4.78 is 50.7. The molecular formula is C24H25F3O4. The van der Waals surface area contributed by atoms with Gasteiger partial charge in [0.25, 0.3) is 0 Å². The Morgan fingerprint density at radius 1 is 0.968 bits per heavy atom. The van der Waals surface area contributed by atoms with E-state index in [1.807, 2.05) is 12.1 Å². The Balaban J connectivity index is 1.52. The molecule has 0 amide bonds. The highest BCUT2D eigenvalue weighted by Crippen LogP contribution is 2.36. The minimum Gasteiger partial charge on any atom is -0.423 e. The van der Waals surface area contributed by atoms with Crippen LogP contribution in [0.2, 0.25) is 0 Å². The highest BCUT2D eigenvalue weighted by Gasteiger charge is 2.31. The molecule has 0 unspecified atom stereocenters. The van der Waals surface area contributed by atoms with Crippen LogP contribution in [0.3, 0.4) is 0 Å². The first-order chi connectivity index (χ1) is 14.8. The van der Waals surface area contributed by atoms with Crippen molar-refractivity contribution in [2.75, 3.05) is 13.7 Å². The fourth-order valence-electron chi connectivity index (χ4n) is 3.76. The van der Waals surface area contributed by atoms with Crippen molar-refractivity contribution in [1.29, 1.82) is 0 Å². The summed E-state index contributed by atoms with van der Waals surface area (Å²) in [6.45, 7) is 0.642. The van der Waals surface area contributed by atoms with Crippen molar-refractivity contribution in [3.8, 4) is 11.5 Å². The molecule has 0 radical (unpaired) electrons. The van der Waals surface area contributed by atoms with Gasteiger partial charge in [0.15, 0.2) is 0 Å². The van der Waals surface area contributed by atoms with Crippen LogP contribution in [0.15, 0.2) is 60.7 Å². The molecule has 2 aromatic carbocycles. The third kappa shape index (κ3) is 7.14. The molecule has 0 saturated heterocycles. The lowest BCUT2D eigenvalue weighted by Gasteiger charge is -2.27. The summed E-state index contributed by atoms with van der Waals surface area (Å²) >= 11 is 0. The number of rotatable bonds is 7. The van der Waals surface area contributed by atoms with Gasteiger partial charge in [0.05, 0.1) is 12.2 Å². The van der Waals surface area contributed by atoms with Crippen LogP contribution in [0.4, 0.5) is 13.2 Å². The Bertz CT molecular complexity index is 865. The molecule has 1 saturated carbocycles. The number of allylic oxidation sites excluding steroid dienone is 1. The third-order valence-corrected chi connectivity index (χ3v) is 5.33. The second-order valence-corrected chi connectivity index (χ2v) is 7.53. The minimum absolute atomic E-state index is 0.142. The van der Waals surface area contributed by atoms with Crippen molar-refractivity contribution in [2.45, 2.75) is 38.0 Å². The van der Waals surface area contributed by atoms with Gasteiger partial charge in [-0.2, -0.15) is 0 Å². The Morgan fingerprint density at radius 2 is 1.58 bits per heavy atom.